The molecular weight excluding hydrogens is 289 g/mol. The van der Waals surface area contributed by atoms with Gasteiger partial charge in [0.25, 0.3) is 0 Å². The lowest BCUT2D eigenvalue weighted by molar-refractivity contribution is -0.126. The van der Waals surface area contributed by atoms with E-state index >= 15 is 0 Å². The highest BCUT2D eigenvalue weighted by atomic mass is 35.5. The molecule has 1 aromatic carbocycles. The van der Waals surface area contributed by atoms with Gasteiger partial charge >= 0.3 is 0 Å². The van der Waals surface area contributed by atoms with E-state index in [4.69, 9.17) is 32.7 Å². The van der Waals surface area contributed by atoms with Crippen LogP contribution in [0.25, 0.3) is 0 Å². The third-order valence-electron chi connectivity index (χ3n) is 2.49. The largest absolute Gasteiger partial charge is 0.382 e. The summed E-state index contributed by atoms with van der Waals surface area (Å²) in [6.45, 7) is 2.74. The Morgan fingerprint density at radius 2 is 2.05 bits per heavy atom. The van der Waals surface area contributed by atoms with Gasteiger partial charge in [0.1, 0.15) is 6.61 Å². The summed E-state index contributed by atoms with van der Waals surface area (Å²) >= 11 is 11.8. The van der Waals surface area contributed by atoms with E-state index in [1.54, 1.807) is 19.2 Å². The Bertz CT molecular complexity index is 426. The molecule has 1 amide bonds. The number of benzene rings is 1. The number of methoxy groups -OCH3 is 1. The number of nitrogens with one attached hydrogen (secondary N) is 1. The van der Waals surface area contributed by atoms with Gasteiger partial charge in [-0.15, -0.1) is 0 Å². The minimum absolute atomic E-state index is 0.00895. The molecule has 0 aromatic heterocycles. The van der Waals surface area contributed by atoms with E-state index in [0.29, 0.717) is 23.3 Å². The van der Waals surface area contributed by atoms with Gasteiger partial charge in [-0.1, -0.05) is 29.3 Å². The maximum Gasteiger partial charge on any atom is 0.246 e. The summed E-state index contributed by atoms with van der Waals surface area (Å²) in [5, 5.41) is 3.77. The van der Waals surface area contributed by atoms with Gasteiger partial charge in [-0.3, -0.25) is 4.79 Å². The summed E-state index contributed by atoms with van der Waals surface area (Å²) in [5.74, 6) is -0.185. The van der Waals surface area contributed by atoms with Gasteiger partial charge in [0, 0.05) is 7.11 Å². The lowest BCUT2D eigenvalue weighted by Crippen LogP contribution is -2.30. The molecule has 0 aliphatic carbocycles. The topological polar surface area (TPSA) is 47.6 Å². The van der Waals surface area contributed by atoms with E-state index in [9.17, 15) is 4.79 Å². The van der Waals surface area contributed by atoms with Crippen molar-refractivity contribution >= 4 is 29.1 Å². The molecule has 4 nitrogen and oxygen atoms in total. The van der Waals surface area contributed by atoms with Gasteiger partial charge in [-0.25, -0.2) is 0 Å². The average Bonchev–Trinajstić information content (AvgIpc) is 2.38. The molecule has 19 heavy (non-hydrogen) atoms. The molecule has 0 aliphatic rings. The van der Waals surface area contributed by atoms with Crippen molar-refractivity contribution < 1.29 is 14.3 Å². The zero-order valence-corrected chi connectivity index (χ0v) is 12.4. The number of halogens is 2. The SMILES string of the molecule is COCCOCC(=O)N[C@H](C)c1ccc(Cl)c(Cl)c1. The molecule has 0 spiro atoms. The molecule has 0 saturated carbocycles. The Morgan fingerprint density at radius 1 is 1.32 bits per heavy atom. The Hall–Kier alpha value is -0.810. The smallest absolute Gasteiger partial charge is 0.246 e. The monoisotopic (exact) mass is 305 g/mol. The van der Waals surface area contributed by atoms with Crippen LogP contribution in [0.4, 0.5) is 0 Å². The molecule has 106 valence electrons. The molecule has 0 radical (unpaired) electrons. The fourth-order valence-electron chi connectivity index (χ4n) is 1.46. The van der Waals surface area contributed by atoms with Crippen LogP contribution in [0.3, 0.4) is 0 Å². The quantitative estimate of drug-likeness (QED) is 0.788. The molecule has 1 rings (SSSR count). The number of rotatable bonds is 7. The fraction of sp³-hybridized carbons (Fsp3) is 0.462. The van der Waals surface area contributed by atoms with Crippen LogP contribution < -0.4 is 5.32 Å². The van der Waals surface area contributed by atoms with Gasteiger partial charge < -0.3 is 14.8 Å². The van der Waals surface area contributed by atoms with Gasteiger partial charge in [0.05, 0.1) is 29.3 Å². The summed E-state index contributed by atoms with van der Waals surface area (Å²) in [6, 6.07) is 5.11. The second kappa shape index (κ2) is 8.38. The number of hydrogen-bond acceptors (Lipinski definition) is 3. The molecule has 0 heterocycles. The zero-order valence-electron chi connectivity index (χ0n) is 10.9. The fourth-order valence-corrected chi connectivity index (χ4v) is 1.76. The van der Waals surface area contributed by atoms with Crippen LogP contribution in [0.2, 0.25) is 10.0 Å². The van der Waals surface area contributed by atoms with Crippen molar-refractivity contribution in [2.24, 2.45) is 0 Å². The zero-order chi connectivity index (χ0) is 14.3. The maximum absolute atomic E-state index is 11.6. The number of carbonyl (C=O) groups is 1. The Morgan fingerprint density at radius 3 is 2.68 bits per heavy atom. The Balaban J connectivity index is 2.43. The van der Waals surface area contributed by atoms with Crippen LogP contribution in [-0.4, -0.2) is 32.8 Å². The highest BCUT2D eigenvalue weighted by Crippen LogP contribution is 2.25. The van der Waals surface area contributed by atoms with Crippen molar-refractivity contribution in [2.75, 3.05) is 26.9 Å². The van der Waals surface area contributed by atoms with Crippen molar-refractivity contribution in [2.45, 2.75) is 13.0 Å². The van der Waals surface area contributed by atoms with Crippen molar-refractivity contribution in [1.29, 1.82) is 0 Å². The molecule has 1 atom stereocenters. The van der Waals surface area contributed by atoms with E-state index in [2.05, 4.69) is 5.32 Å². The summed E-state index contributed by atoms with van der Waals surface area (Å²) < 4.78 is 9.95. The van der Waals surface area contributed by atoms with E-state index in [0.717, 1.165) is 5.56 Å². The molecule has 6 heteroatoms. The predicted molar refractivity (Wildman–Crippen MR) is 75.7 cm³/mol. The van der Waals surface area contributed by atoms with Crippen molar-refractivity contribution in [3.63, 3.8) is 0 Å². The third-order valence-corrected chi connectivity index (χ3v) is 3.23. The summed E-state index contributed by atoms with van der Waals surface area (Å²) in [7, 11) is 1.58. The first-order valence-corrected chi connectivity index (χ1v) is 6.61. The van der Waals surface area contributed by atoms with E-state index in [1.165, 1.54) is 0 Å². The second-order valence-corrected chi connectivity index (χ2v) is 4.82. The van der Waals surface area contributed by atoms with Crippen LogP contribution in [0, 0.1) is 0 Å². The highest BCUT2D eigenvalue weighted by molar-refractivity contribution is 6.42. The molecule has 0 unspecified atom stereocenters. The van der Waals surface area contributed by atoms with Gasteiger partial charge in [-0.2, -0.15) is 0 Å². The minimum atomic E-state index is -0.185. The van der Waals surface area contributed by atoms with Gasteiger partial charge in [0.2, 0.25) is 5.91 Å². The number of hydrogen-bond donors (Lipinski definition) is 1. The average molecular weight is 306 g/mol. The minimum Gasteiger partial charge on any atom is -0.382 e. The van der Waals surface area contributed by atoms with Crippen LogP contribution >= 0.6 is 23.2 Å². The summed E-state index contributed by atoms with van der Waals surface area (Å²) in [5.41, 5.74) is 0.889. The normalized spacial score (nSPS) is 12.2. The van der Waals surface area contributed by atoms with Crippen LogP contribution in [0.5, 0.6) is 0 Å². The van der Waals surface area contributed by atoms with Crippen molar-refractivity contribution in [3.05, 3.63) is 33.8 Å². The van der Waals surface area contributed by atoms with E-state index in [-0.39, 0.29) is 18.6 Å². The molecule has 1 aromatic rings. The standard InChI is InChI=1S/C13H17Cl2NO3/c1-9(10-3-4-11(14)12(15)7-10)16-13(17)8-19-6-5-18-2/h3-4,7,9H,5-6,8H2,1-2H3,(H,16,17)/t9-/m1/s1. The van der Waals surface area contributed by atoms with Crippen LogP contribution in [-0.2, 0) is 14.3 Å². The van der Waals surface area contributed by atoms with Crippen LogP contribution in [0.1, 0.15) is 18.5 Å². The van der Waals surface area contributed by atoms with E-state index < -0.39 is 0 Å². The summed E-state index contributed by atoms with van der Waals surface area (Å²) in [6.07, 6.45) is 0. The Kier molecular flexibility index (Phi) is 7.16. The number of ether oxygens (including phenoxy) is 2. The number of carbonyl (C=O) groups excluding carboxylic acids is 1. The van der Waals surface area contributed by atoms with Crippen molar-refractivity contribution in [1.82, 2.24) is 5.32 Å². The lowest BCUT2D eigenvalue weighted by atomic mass is 10.1. The first-order chi connectivity index (χ1) is 9.04. The van der Waals surface area contributed by atoms with E-state index in [1.807, 2.05) is 13.0 Å². The molecular formula is C13H17Cl2NO3. The van der Waals surface area contributed by atoms with Gasteiger partial charge in [-0.05, 0) is 24.6 Å². The molecule has 0 saturated heterocycles. The Labute approximate surface area is 123 Å². The predicted octanol–water partition coefficient (Wildman–Crippen LogP) is 2.83. The molecule has 1 N–H and O–H groups in total. The van der Waals surface area contributed by atoms with Crippen molar-refractivity contribution in [3.8, 4) is 0 Å². The lowest BCUT2D eigenvalue weighted by Gasteiger charge is -2.15. The maximum atomic E-state index is 11.6. The van der Waals surface area contributed by atoms with Gasteiger partial charge in [0.15, 0.2) is 0 Å². The third kappa shape index (κ3) is 5.78. The second-order valence-electron chi connectivity index (χ2n) is 4.01. The summed E-state index contributed by atoms with van der Waals surface area (Å²) in [4.78, 5) is 11.6. The highest BCUT2D eigenvalue weighted by Gasteiger charge is 2.11. The first kappa shape index (κ1) is 16.2. The first-order valence-electron chi connectivity index (χ1n) is 5.85. The number of amides is 1. The molecule has 0 fully saturated rings. The van der Waals surface area contributed by atoms with Crippen LogP contribution in [0.15, 0.2) is 18.2 Å². The molecule has 0 bridgehead atoms. The molecule has 0 aliphatic heterocycles.